The highest BCUT2D eigenvalue weighted by molar-refractivity contribution is 5.24. The van der Waals surface area contributed by atoms with Crippen molar-refractivity contribution >= 4 is 0 Å². The third-order valence-corrected chi connectivity index (χ3v) is 4.12. The summed E-state index contributed by atoms with van der Waals surface area (Å²) in [6, 6.07) is 10.5. The summed E-state index contributed by atoms with van der Waals surface area (Å²) in [5.41, 5.74) is 0.764. The van der Waals surface area contributed by atoms with Gasteiger partial charge < -0.3 is 10.0 Å². The summed E-state index contributed by atoms with van der Waals surface area (Å²) < 4.78 is 0. The number of hydrogen-bond acceptors (Lipinski definition) is 2. The lowest BCUT2D eigenvalue weighted by atomic mass is 9.72. The van der Waals surface area contributed by atoms with Crippen LogP contribution in [-0.4, -0.2) is 36.2 Å². The molecule has 1 aliphatic rings. The van der Waals surface area contributed by atoms with Gasteiger partial charge in [-0.2, -0.15) is 0 Å². The van der Waals surface area contributed by atoms with Crippen molar-refractivity contribution in [2.75, 3.05) is 20.6 Å². The highest BCUT2D eigenvalue weighted by atomic mass is 16.3. The zero-order chi connectivity index (χ0) is 13.0. The van der Waals surface area contributed by atoms with E-state index < -0.39 is 5.60 Å². The average Bonchev–Trinajstić information content (AvgIpc) is 2.37. The van der Waals surface area contributed by atoms with Gasteiger partial charge in [0, 0.05) is 12.5 Å². The molecule has 0 radical (unpaired) electrons. The number of likely N-dealkylation sites (N-methyl/N-ethyl adjacent to an activating group) is 1. The highest BCUT2D eigenvalue weighted by Gasteiger charge is 2.38. The minimum Gasteiger partial charge on any atom is -0.389 e. The fourth-order valence-corrected chi connectivity index (χ4v) is 3.15. The Balaban J connectivity index is 2.24. The van der Waals surface area contributed by atoms with Crippen molar-refractivity contribution in [1.29, 1.82) is 0 Å². The van der Waals surface area contributed by atoms with Crippen LogP contribution in [0.3, 0.4) is 0 Å². The first-order valence-electron chi connectivity index (χ1n) is 7.04. The van der Waals surface area contributed by atoms with Gasteiger partial charge >= 0.3 is 0 Å². The molecule has 1 fully saturated rings. The first-order valence-corrected chi connectivity index (χ1v) is 7.04. The number of hydrogen-bond donors (Lipinski definition) is 1. The summed E-state index contributed by atoms with van der Waals surface area (Å²) in [5.74, 6) is 0.231. The lowest BCUT2D eigenvalue weighted by Gasteiger charge is -2.40. The molecule has 0 bridgehead atoms. The fourth-order valence-electron chi connectivity index (χ4n) is 3.15. The first-order chi connectivity index (χ1) is 8.62. The molecule has 1 atom stereocenters. The van der Waals surface area contributed by atoms with Crippen LogP contribution >= 0.6 is 0 Å². The Morgan fingerprint density at radius 2 is 1.72 bits per heavy atom. The van der Waals surface area contributed by atoms with Crippen LogP contribution in [0.15, 0.2) is 30.3 Å². The van der Waals surface area contributed by atoms with E-state index >= 15 is 0 Å². The number of rotatable bonds is 4. The Morgan fingerprint density at radius 3 is 2.28 bits per heavy atom. The van der Waals surface area contributed by atoms with Gasteiger partial charge in [0.05, 0.1) is 5.60 Å². The van der Waals surface area contributed by atoms with Crippen LogP contribution in [0.5, 0.6) is 0 Å². The fraction of sp³-hybridized carbons (Fsp3) is 0.625. The lowest BCUT2D eigenvalue weighted by molar-refractivity contribution is -0.0277. The predicted octanol–water partition coefficient (Wildman–Crippen LogP) is 3.03. The number of nitrogens with zero attached hydrogens (tertiary/aromatic N) is 1. The predicted molar refractivity (Wildman–Crippen MR) is 75.8 cm³/mol. The van der Waals surface area contributed by atoms with Gasteiger partial charge in [0.15, 0.2) is 0 Å². The Morgan fingerprint density at radius 1 is 1.11 bits per heavy atom. The van der Waals surface area contributed by atoms with E-state index in [9.17, 15) is 5.11 Å². The Kier molecular flexibility index (Phi) is 4.41. The summed E-state index contributed by atoms with van der Waals surface area (Å²) in [4.78, 5) is 2.18. The summed E-state index contributed by atoms with van der Waals surface area (Å²) in [6.45, 7) is 0.917. The number of aliphatic hydroxyl groups is 1. The van der Waals surface area contributed by atoms with E-state index in [0.29, 0.717) is 0 Å². The van der Waals surface area contributed by atoms with Crippen molar-refractivity contribution in [3.63, 3.8) is 0 Å². The van der Waals surface area contributed by atoms with Crippen molar-refractivity contribution in [3.8, 4) is 0 Å². The largest absolute Gasteiger partial charge is 0.389 e. The normalized spacial score (nSPS) is 20.9. The van der Waals surface area contributed by atoms with Crippen LogP contribution in [0.4, 0.5) is 0 Å². The molecule has 100 valence electrons. The molecule has 0 heterocycles. The van der Waals surface area contributed by atoms with E-state index in [1.165, 1.54) is 12.0 Å². The maximum Gasteiger partial charge on any atom is 0.0728 e. The molecule has 1 aliphatic carbocycles. The minimum absolute atomic E-state index is 0.231. The van der Waals surface area contributed by atoms with E-state index in [-0.39, 0.29) is 5.92 Å². The standard InChI is InChI=1S/C16H25NO/c1-17(2)13-15(14-9-5-3-6-10-14)16(18)11-7-4-8-12-16/h3,5-6,9-10,15,18H,4,7-8,11-13H2,1-2H3/t15-/m1/s1. The molecule has 0 amide bonds. The van der Waals surface area contributed by atoms with Crippen molar-refractivity contribution in [1.82, 2.24) is 4.90 Å². The molecule has 1 N–H and O–H groups in total. The highest BCUT2D eigenvalue weighted by Crippen LogP contribution is 2.40. The minimum atomic E-state index is -0.510. The SMILES string of the molecule is CN(C)C[C@H](c1ccccc1)C1(O)CCCCC1. The molecule has 1 saturated carbocycles. The molecular weight excluding hydrogens is 222 g/mol. The second-order valence-electron chi connectivity index (χ2n) is 5.89. The lowest BCUT2D eigenvalue weighted by Crippen LogP contribution is -2.42. The molecule has 0 unspecified atom stereocenters. The summed E-state index contributed by atoms with van der Waals surface area (Å²) in [5, 5.41) is 11.0. The Labute approximate surface area is 111 Å². The zero-order valence-corrected chi connectivity index (χ0v) is 11.6. The molecule has 0 spiro atoms. The summed E-state index contributed by atoms with van der Waals surface area (Å²) in [6.07, 6.45) is 5.48. The van der Waals surface area contributed by atoms with Gasteiger partial charge in [0.25, 0.3) is 0 Å². The molecule has 2 rings (SSSR count). The van der Waals surface area contributed by atoms with E-state index in [0.717, 1.165) is 32.2 Å². The molecule has 2 heteroatoms. The first kappa shape index (κ1) is 13.6. The van der Waals surface area contributed by atoms with Crippen molar-refractivity contribution in [2.24, 2.45) is 0 Å². The third kappa shape index (κ3) is 3.12. The summed E-state index contributed by atoms with van der Waals surface area (Å²) >= 11 is 0. The van der Waals surface area contributed by atoms with Crippen LogP contribution in [0, 0.1) is 0 Å². The van der Waals surface area contributed by atoms with E-state index in [1.54, 1.807) is 0 Å². The Hall–Kier alpha value is -0.860. The topological polar surface area (TPSA) is 23.5 Å². The molecule has 18 heavy (non-hydrogen) atoms. The molecule has 0 aliphatic heterocycles. The van der Waals surface area contributed by atoms with Crippen LogP contribution < -0.4 is 0 Å². The van der Waals surface area contributed by atoms with Gasteiger partial charge in [-0.15, -0.1) is 0 Å². The zero-order valence-electron chi connectivity index (χ0n) is 11.6. The molecule has 0 saturated heterocycles. The van der Waals surface area contributed by atoms with Crippen molar-refractivity contribution < 1.29 is 5.11 Å². The van der Waals surface area contributed by atoms with Gasteiger partial charge in [-0.3, -0.25) is 0 Å². The van der Waals surface area contributed by atoms with Crippen LogP contribution in [-0.2, 0) is 0 Å². The Bertz CT molecular complexity index is 355. The van der Waals surface area contributed by atoms with E-state index in [4.69, 9.17) is 0 Å². The molecule has 1 aromatic carbocycles. The van der Waals surface area contributed by atoms with Crippen molar-refractivity contribution in [2.45, 2.75) is 43.6 Å². The van der Waals surface area contributed by atoms with E-state index in [2.05, 4.69) is 43.3 Å². The van der Waals surface area contributed by atoms with E-state index in [1.807, 2.05) is 6.07 Å². The second-order valence-corrected chi connectivity index (χ2v) is 5.89. The maximum atomic E-state index is 11.0. The monoisotopic (exact) mass is 247 g/mol. The maximum absolute atomic E-state index is 11.0. The van der Waals surface area contributed by atoms with Gasteiger partial charge in [0.1, 0.15) is 0 Å². The number of benzene rings is 1. The molecular formula is C16H25NO. The second kappa shape index (κ2) is 5.85. The quantitative estimate of drug-likeness (QED) is 0.884. The van der Waals surface area contributed by atoms with Gasteiger partial charge in [-0.05, 0) is 32.5 Å². The van der Waals surface area contributed by atoms with Gasteiger partial charge in [-0.25, -0.2) is 0 Å². The van der Waals surface area contributed by atoms with Crippen LogP contribution in [0.1, 0.15) is 43.6 Å². The summed E-state index contributed by atoms with van der Waals surface area (Å²) in [7, 11) is 4.17. The van der Waals surface area contributed by atoms with Crippen LogP contribution in [0.2, 0.25) is 0 Å². The average molecular weight is 247 g/mol. The van der Waals surface area contributed by atoms with Crippen molar-refractivity contribution in [3.05, 3.63) is 35.9 Å². The molecule has 2 nitrogen and oxygen atoms in total. The van der Waals surface area contributed by atoms with Gasteiger partial charge in [0.2, 0.25) is 0 Å². The van der Waals surface area contributed by atoms with Crippen LogP contribution in [0.25, 0.3) is 0 Å². The molecule has 1 aromatic rings. The van der Waals surface area contributed by atoms with Gasteiger partial charge in [-0.1, -0.05) is 49.6 Å². The smallest absolute Gasteiger partial charge is 0.0728 e. The molecule has 0 aromatic heterocycles. The third-order valence-electron chi connectivity index (χ3n) is 4.12.